The summed E-state index contributed by atoms with van der Waals surface area (Å²) in [7, 11) is 0. The maximum Gasteiger partial charge on any atom is 0.325 e. The van der Waals surface area contributed by atoms with E-state index in [1.165, 1.54) is 11.3 Å². The van der Waals surface area contributed by atoms with Crippen molar-refractivity contribution in [2.24, 2.45) is 0 Å². The van der Waals surface area contributed by atoms with Crippen LogP contribution < -0.4 is 10.6 Å². The molecule has 0 saturated carbocycles. The number of hydrogen-bond acceptors (Lipinski definition) is 6. The molecule has 3 rings (SSSR count). The van der Waals surface area contributed by atoms with Crippen LogP contribution in [0.25, 0.3) is 0 Å². The van der Waals surface area contributed by atoms with Crippen molar-refractivity contribution >= 4 is 29.2 Å². The first kappa shape index (κ1) is 19.0. The van der Waals surface area contributed by atoms with Gasteiger partial charge in [0.05, 0.1) is 11.7 Å². The Bertz CT molecular complexity index is 832. The zero-order chi connectivity index (χ0) is 19.6. The highest BCUT2D eigenvalue weighted by atomic mass is 32.1. The van der Waals surface area contributed by atoms with Crippen LogP contribution in [0.15, 0.2) is 23.7 Å². The van der Waals surface area contributed by atoms with Crippen molar-refractivity contribution < 1.29 is 14.4 Å². The molecule has 0 aromatic carbocycles. The molecule has 2 N–H and O–H groups in total. The molecule has 10 heteroatoms. The Balaban J connectivity index is 1.57. The highest BCUT2D eigenvalue weighted by Gasteiger charge is 2.39. The second-order valence-electron chi connectivity index (χ2n) is 6.72. The van der Waals surface area contributed by atoms with Crippen LogP contribution >= 0.6 is 11.3 Å². The first-order valence-electron chi connectivity index (χ1n) is 8.70. The van der Waals surface area contributed by atoms with E-state index in [1.54, 1.807) is 10.9 Å². The predicted octanol–water partition coefficient (Wildman–Crippen LogP) is 1.26. The Labute approximate surface area is 160 Å². The molecule has 1 aliphatic rings. The van der Waals surface area contributed by atoms with Gasteiger partial charge in [-0.25, -0.2) is 9.48 Å². The monoisotopic (exact) mass is 390 g/mol. The first-order valence-corrected chi connectivity index (χ1v) is 9.58. The summed E-state index contributed by atoms with van der Waals surface area (Å²) in [6.07, 6.45) is 1.99. The predicted molar refractivity (Wildman–Crippen MR) is 99.0 cm³/mol. The van der Waals surface area contributed by atoms with E-state index in [9.17, 15) is 14.4 Å². The molecule has 0 radical (unpaired) electrons. The largest absolute Gasteiger partial charge is 0.347 e. The lowest BCUT2D eigenvalue weighted by Gasteiger charge is -2.16. The van der Waals surface area contributed by atoms with E-state index in [1.807, 2.05) is 38.3 Å². The van der Waals surface area contributed by atoms with E-state index in [-0.39, 0.29) is 31.0 Å². The van der Waals surface area contributed by atoms with Crippen molar-refractivity contribution in [1.29, 1.82) is 0 Å². The van der Waals surface area contributed by atoms with Gasteiger partial charge >= 0.3 is 6.03 Å². The fourth-order valence-corrected chi connectivity index (χ4v) is 3.51. The minimum Gasteiger partial charge on any atom is -0.347 e. The molecule has 0 bridgehead atoms. The maximum absolute atomic E-state index is 12.5. The zero-order valence-electron chi connectivity index (χ0n) is 15.4. The van der Waals surface area contributed by atoms with E-state index in [0.717, 1.165) is 9.78 Å². The molecule has 2 atom stereocenters. The molecule has 144 valence electrons. The molecule has 2 aromatic heterocycles. The molecule has 0 spiro atoms. The number of amides is 4. The summed E-state index contributed by atoms with van der Waals surface area (Å²) >= 11 is 1.53. The molecule has 4 amide bonds. The average Bonchev–Trinajstić information content (AvgIpc) is 3.33. The van der Waals surface area contributed by atoms with Crippen LogP contribution in [-0.2, 0) is 16.0 Å². The third kappa shape index (κ3) is 4.33. The second-order valence-corrected chi connectivity index (χ2v) is 7.70. The Morgan fingerprint density at radius 2 is 2.15 bits per heavy atom. The SMILES string of the molecule is CC(NC(=O)CN1C(=O)NC(Cc2cn(C(C)C)nn2)C1=O)c1cccs1. The Morgan fingerprint density at radius 3 is 2.78 bits per heavy atom. The average molecular weight is 390 g/mol. The molecule has 27 heavy (non-hydrogen) atoms. The molecular weight excluding hydrogens is 368 g/mol. The zero-order valence-corrected chi connectivity index (χ0v) is 16.2. The van der Waals surface area contributed by atoms with Gasteiger partial charge in [0.15, 0.2) is 0 Å². The molecular formula is C17H22N6O3S. The lowest BCUT2D eigenvalue weighted by atomic mass is 10.1. The van der Waals surface area contributed by atoms with Gasteiger partial charge in [-0.3, -0.25) is 14.5 Å². The highest BCUT2D eigenvalue weighted by molar-refractivity contribution is 7.10. The van der Waals surface area contributed by atoms with Gasteiger partial charge in [0.2, 0.25) is 5.91 Å². The number of urea groups is 1. The van der Waals surface area contributed by atoms with E-state index in [2.05, 4.69) is 20.9 Å². The third-order valence-electron chi connectivity index (χ3n) is 4.26. The minimum absolute atomic E-state index is 0.158. The Kier molecular flexibility index (Phi) is 5.54. The van der Waals surface area contributed by atoms with Crippen molar-refractivity contribution in [3.8, 4) is 0 Å². The molecule has 1 aliphatic heterocycles. The number of thiophene rings is 1. The number of carbonyl (C=O) groups is 3. The lowest BCUT2D eigenvalue weighted by Crippen LogP contribution is -2.41. The van der Waals surface area contributed by atoms with E-state index in [0.29, 0.717) is 5.69 Å². The Hall–Kier alpha value is -2.75. The van der Waals surface area contributed by atoms with Gasteiger partial charge in [0.1, 0.15) is 12.6 Å². The summed E-state index contributed by atoms with van der Waals surface area (Å²) in [5.74, 6) is -0.816. The van der Waals surface area contributed by atoms with Crippen LogP contribution in [0, 0.1) is 0 Å². The standard InChI is InChI=1S/C17H22N6O3S/c1-10(2)23-8-12(20-21-23)7-13-16(25)22(17(26)19-13)9-15(24)18-11(3)14-5-4-6-27-14/h4-6,8,10-11,13H,7,9H2,1-3H3,(H,18,24)(H,19,26). The number of nitrogens with one attached hydrogen (secondary N) is 2. The minimum atomic E-state index is -0.739. The summed E-state index contributed by atoms with van der Waals surface area (Å²) in [4.78, 5) is 38.8. The van der Waals surface area contributed by atoms with Crippen molar-refractivity contribution in [1.82, 2.24) is 30.5 Å². The fraction of sp³-hybridized carbons (Fsp3) is 0.471. The van der Waals surface area contributed by atoms with Crippen molar-refractivity contribution in [2.45, 2.75) is 45.3 Å². The van der Waals surface area contributed by atoms with E-state index in [4.69, 9.17) is 0 Å². The molecule has 2 unspecified atom stereocenters. The molecule has 2 aromatic rings. The summed E-state index contributed by atoms with van der Waals surface area (Å²) in [5, 5.41) is 15.4. The molecule has 3 heterocycles. The number of carbonyl (C=O) groups excluding carboxylic acids is 3. The molecule has 1 saturated heterocycles. The quantitative estimate of drug-likeness (QED) is 0.692. The number of rotatable bonds is 7. The van der Waals surface area contributed by atoms with Gasteiger partial charge in [0.25, 0.3) is 5.91 Å². The van der Waals surface area contributed by atoms with Gasteiger partial charge < -0.3 is 10.6 Å². The van der Waals surface area contributed by atoms with Gasteiger partial charge in [-0.2, -0.15) is 0 Å². The summed E-state index contributed by atoms with van der Waals surface area (Å²) < 4.78 is 1.69. The smallest absolute Gasteiger partial charge is 0.325 e. The molecule has 0 aliphatic carbocycles. The molecule has 9 nitrogen and oxygen atoms in total. The molecule has 1 fully saturated rings. The van der Waals surface area contributed by atoms with E-state index < -0.39 is 18.0 Å². The van der Waals surface area contributed by atoms with Crippen LogP contribution in [0.1, 0.15) is 43.4 Å². The summed E-state index contributed by atoms with van der Waals surface area (Å²) in [6.45, 7) is 5.49. The Morgan fingerprint density at radius 1 is 1.37 bits per heavy atom. The summed E-state index contributed by atoms with van der Waals surface area (Å²) in [5.41, 5.74) is 0.611. The van der Waals surface area contributed by atoms with Gasteiger partial charge in [0, 0.05) is 23.5 Å². The topological polar surface area (TPSA) is 109 Å². The van der Waals surface area contributed by atoms with Gasteiger partial charge in [-0.15, -0.1) is 16.4 Å². The number of hydrogen-bond donors (Lipinski definition) is 2. The van der Waals surface area contributed by atoms with Gasteiger partial charge in [-0.05, 0) is 32.2 Å². The first-order chi connectivity index (χ1) is 12.8. The van der Waals surface area contributed by atoms with Crippen molar-refractivity contribution in [2.75, 3.05) is 6.54 Å². The van der Waals surface area contributed by atoms with Crippen LogP contribution in [0.5, 0.6) is 0 Å². The third-order valence-corrected chi connectivity index (χ3v) is 5.31. The van der Waals surface area contributed by atoms with Crippen molar-refractivity contribution in [3.63, 3.8) is 0 Å². The van der Waals surface area contributed by atoms with Crippen molar-refractivity contribution in [3.05, 3.63) is 34.3 Å². The normalized spacial score (nSPS) is 18.1. The van der Waals surface area contributed by atoms with Gasteiger partial charge in [-0.1, -0.05) is 11.3 Å². The van der Waals surface area contributed by atoms with Crippen LogP contribution in [-0.4, -0.2) is 50.3 Å². The number of imide groups is 1. The number of nitrogens with zero attached hydrogens (tertiary/aromatic N) is 4. The maximum atomic E-state index is 12.5. The summed E-state index contributed by atoms with van der Waals surface area (Å²) in [6, 6.07) is 2.49. The van der Waals surface area contributed by atoms with Crippen LogP contribution in [0.4, 0.5) is 4.79 Å². The van der Waals surface area contributed by atoms with Crippen LogP contribution in [0.3, 0.4) is 0 Å². The van der Waals surface area contributed by atoms with E-state index >= 15 is 0 Å². The van der Waals surface area contributed by atoms with Crippen LogP contribution in [0.2, 0.25) is 0 Å². The lowest BCUT2D eigenvalue weighted by molar-refractivity contribution is -0.132. The second kappa shape index (κ2) is 7.87. The number of aromatic nitrogens is 3. The fourth-order valence-electron chi connectivity index (χ4n) is 2.77. The highest BCUT2D eigenvalue weighted by Crippen LogP contribution is 2.18.